The lowest BCUT2D eigenvalue weighted by Gasteiger charge is -2.04. The molecule has 5 heteroatoms. The van der Waals surface area contributed by atoms with Gasteiger partial charge in [-0.15, -0.1) is 0 Å². The zero-order chi connectivity index (χ0) is 11.8. The first-order chi connectivity index (χ1) is 6.12. The van der Waals surface area contributed by atoms with Crippen molar-refractivity contribution in [1.29, 1.82) is 5.39 Å². The summed E-state index contributed by atoms with van der Waals surface area (Å²) in [7, 11) is 0. The fourth-order valence-electron chi connectivity index (χ4n) is 0.362. The lowest BCUT2D eigenvalue weighted by Crippen LogP contribution is -2.29. The molecule has 5 nitrogen and oxygen atoms in total. The third kappa shape index (κ3) is 22.4. The van der Waals surface area contributed by atoms with Gasteiger partial charge in [-0.3, -0.25) is 0 Å². The van der Waals surface area contributed by atoms with Crippen LogP contribution in [0.15, 0.2) is 5.11 Å². The molecule has 0 radical (unpaired) electrons. The van der Waals surface area contributed by atoms with E-state index in [0.717, 1.165) is 0 Å². The van der Waals surface area contributed by atoms with Crippen LogP contribution in [0.25, 0.3) is 5.08 Å². The summed E-state index contributed by atoms with van der Waals surface area (Å²) in [5, 5.41) is 14.4. The van der Waals surface area contributed by atoms with Crippen LogP contribution in [0, 0.1) is 5.39 Å². The predicted molar refractivity (Wildman–Crippen MR) is 57.5 cm³/mol. The van der Waals surface area contributed by atoms with Crippen LogP contribution >= 0.6 is 0 Å². The summed E-state index contributed by atoms with van der Waals surface area (Å²) < 4.78 is 0. The van der Waals surface area contributed by atoms with Crippen molar-refractivity contribution in [3.05, 3.63) is 5.08 Å². The SMILES string of the molecule is C=[N+]=NC(C)(C)C.CC(C)(C)N[N+]#N. The molecule has 1 N–H and O–H groups in total. The number of rotatable bonds is 0. The number of hydrogen-bond donors (Lipinski definition) is 1. The van der Waals surface area contributed by atoms with Crippen LogP contribution in [-0.4, -0.2) is 22.6 Å². The zero-order valence-corrected chi connectivity index (χ0v) is 10.00. The van der Waals surface area contributed by atoms with Crippen molar-refractivity contribution in [1.82, 2.24) is 5.43 Å². The van der Waals surface area contributed by atoms with Gasteiger partial charge in [-0.05, 0) is 47.0 Å². The van der Waals surface area contributed by atoms with E-state index in [4.69, 9.17) is 5.39 Å². The minimum atomic E-state index is -0.116. The minimum Gasteiger partial charge on any atom is -0.0391 e. The number of nitrogens with one attached hydrogen (secondary N) is 1. The monoisotopic (exact) mass is 199 g/mol. The van der Waals surface area contributed by atoms with E-state index < -0.39 is 0 Å². The molecule has 14 heavy (non-hydrogen) atoms. The van der Waals surface area contributed by atoms with Gasteiger partial charge in [0.2, 0.25) is 0 Å². The predicted octanol–water partition coefficient (Wildman–Crippen LogP) is 2.29. The molecule has 0 aliphatic heterocycles. The molecule has 0 unspecified atom stereocenters. The highest BCUT2D eigenvalue weighted by Gasteiger charge is 2.13. The first kappa shape index (κ1) is 15.1. The molecule has 0 fully saturated rings. The molecule has 0 saturated carbocycles. The van der Waals surface area contributed by atoms with E-state index in [9.17, 15) is 0 Å². The molecule has 0 aromatic carbocycles. The van der Waals surface area contributed by atoms with E-state index in [1.165, 1.54) is 0 Å². The van der Waals surface area contributed by atoms with Crippen LogP contribution in [0.2, 0.25) is 0 Å². The van der Waals surface area contributed by atoms with Gasteiger partial charge >= 0.3 is 5.08 Å². The second kappa shape index (κ2) is 6.11. The van der Waals surface area contributed by atoms with Crippen LogP contribution in [0.3, 0.4) is 0 Å². The van der Waals surface area contributed by atoms with Gasteiger partial charge in [-0.25, -0.2) is 0 Å². The minimum absolute atomic E-state index is 0.0538. The van der Waals surface area contributed by atoms with Crippen LogP contribution in [0.4, 0.5) is 0 Å². The van der Waals surface area contributed by atoms with E-state index >= 15 is 0 Å². The Morgan fingerprint density at radius 3 is 1.57 bits per heavy atom. The van der Waals surface area contributed by atoms with Crippen molar-refractivity contribution in [2.75, 3.05) is 0 Å². The molecule has 0 saturated heterocycles. The van der Waals surface area contributed by atoms with Crippen molar-refractivity contribution >= 4 is 6.72 Å². The normalized spacial score (nSPS) is 10.1. The molecule has 0 aliphatic rings. The average Bonchev–Trinajstić information content (AvgIpc) is 1.81. The second-order valence-electron chi connectivity index (χ2n) is 4.87. The molecule has 0 aromatic heterocycles. The first-order valence-electron chi connectivity index (χ1n) is 4.41. The van der Waals surface area contributed by atoms with Gasteiger partial charge in [-0.1, -0.05) is 0 Å². The Hall–Kier alpha value is -1.40. The standard InChI is InChI=1S/C5H11N2.C4H10N3/c1-5(2,3)7-6-4;1-4(2,3)6-7-5/h4H2,1-3H3;6H,1-3H3/q2*+1. The van der Waals surface area contributed by atoms with E-state index in [1.807, 2.05) is 41.5 Å². The van der Waals surface area contributed by atoms with E-state index in [2.05, 4.69) is 27.1 Å². The van der Waals surface area contributed by atoms with Crippen molar-refractivity contribution in [2.45, 2.75) is 52.6 Å². The third-order valence-corrected chi connectivity index (χ3v) is 0.756. The maximum Gasteiger partial charge on any atom is 0.303 e. The fraction of sp³-hybridized carbons (Fsp3) is 0.889. The number of nitrogens with zero attached hydrogens (tertiary/aromatic N) is 4. The van der Waals surface area contributed by atoms with E-state index in [0.29, 0.717) is 0 Å². The van der Waals surface area contributed by atoms with Crippen LogP contribution in [-0.2, 0) is 0 Å². The summed E-state index contributed by atoms with van der Waals surface area (Å²) in [6, 6.07) is 0. The maximum atomic E-state index is 7.92. The quantitative estimate of drug-likeness (QED) is 0.214. The lowest BCUT2D eigenvalue weighted by molar-refractivity contribution is -0.0967. The van der Waals surface area contributed by atoms with Gasteiger partial charge in [0.1, 0.15) is 11.1 Å². The Kier molecular flexibility index (Phi) is 6.59. The summed E-state index contributed by atoms with van der Waals surface area (Å²) in [5.41, 5.74) is 2.30. The van der Waals surface area contributed by atoms with Crippen LogP contribution in [0.1, 0.15) is 41.5 Å². The van der Waals surface area contributed by atoms with Gasteiger partial charge in [0, 0.05) is 4.79 Å². The summed E-state index contributed by atoms with van der Waals surface area (Å²) in [6.07, 6.45) is 0. The first-order valence-corrected chi connectivity index (χ1v) is 4.41. The topological polar surface area (TPSA) is 66.6 Å². The van der Waals surface area contributed by atoms with Crippen LogP contribution < -0.4 is 5.43 Å². The summed E-state index contributed by atoms with van der Waals surface area (Å²) in [5.74, 6) is 0. The second-order valence-corrected chi connectivity index (χ2v) is 4.87. The molecule has 0 aromatic rings. The van der Waals surface area contributed by atoms with Gasteiger partial charge in [-0.2, -0.15) is 0 Å². The Balaban J connectivity index is 0. The maximum absolute atomic E-state index is 7.92. The molecular formula is C9H21N5+2. The smallest absolute Gasteiger partial charge is 0.0391 e. The molecule has 0 rings (SSSR count). The van der Waals surface area contributed by atoms with Gasteiger partial charge in [0.15, 0.2) is 0 Å². The molecule has 0 aliphatic carbocycles. The molecule has 80 valence electrons. The van der Waals surface area contributed by atoms with E-state index in [-0.39, 0.29) is 11.1 Å². The number of diazo groups is 1. The molecule has 0 atom stereocenters. The Bertz CT molecular complexity index is 231. The highest BCUT2D eigenvalue weighted by molar-refractivity contribution is 5.12. The van der Waals surface area contributed by atoms with E-state index in [1.54, 1.807) is 0 Å². The van der Waals surface area contributed by atoms with Gasteiger partial charge < -0.3 is 0 Å². The van der Waals surface area contributed by atoms with Gasteiger partial charge in [0.25, 0.3) is 12.1 Å². The largest absolute Gasteiger partial charge is 0.303 e. The molecule has 0 heterocycles. The van der Waals surface area contributed by atoms with Crippen LogP contribution in [0.5, 0.6) is 0 Å². The molecule has 0 spiro atoms. The Labute approximate surface area is 85.9 Å². The summed E-state index contributed by atoms with van der Waals surface area (Å²) in [4.78, 5) is 3.38. The Morgan fingerprint density at radius 1 is 1.14 bits per heavy atom. The fourth-order valence-corrected chi connectivity index (χ4v) is 0.362. The molecular weight excluding hydrogens is 178 g/mol. The van der Waals surface area contributed by atoms with Crippen molar-refractivity contribution in [3.8, 4) is 0 Å². The average molecular weight is 199 g/mol. The zero-order valence-electron chi connectivity index (χ0n) is 10.00. The highest BCUT2D eigenvalue weighted by Crippen LogP contribution is 2.02. The number of hydrogen-bond acceptors (Lipinski definition) is 3. The van der Waals surface area contributed by atoms with Crippen molar-refractivity contribution in [3.63, 3.8) is 0 Å². The summed E-state index contributed by atoms with van der Waals surface area (Å²) in [6.45, 7) is 14.9. The Morgan fingerprint density at radius 2 is 1.57 bits per heavy atom. The summed E-state index contributed by atoms with van der Waals surface area (Å²) >= 11 is 0. The highest BCUT2D eigenvalue weighted by atomic mass is 15.3. The molecule has 0 amide bonds. The van der Waals surface area contributed by atoms with Crippen molar-refractivity contribution < 1.29 is 4.79 Å². The lowest BCUT2D eigenvalue weighted by atomic mass is 10.1. The van der Waals surface area contributed by atoms with Crippen molar-refractivity contribution in [2.24, 2.45) is 5.11 Å². The molecule has 0 bridgehead atoms. The third-order valence-electron chi connectivity index (χ3n) is 0.756. The van der Waals surface area contributed by atoms with Gasteiger partial charge in [0.05, 0.1) is 5.11 Å².